The molecule has 4 heteroatoms. The molecule has 0 heterocycles. The maximum atomic E-state index is 9.74. The zero-order valence-electron chi connectivity index (χ0n) is 11.0. The summed E-state index contributed by atoms with van der Waals surface area (Å²) < 4.78 is 0. The van der Waals surface area contributed by atoms with E-state index in [1.165, 1.54) is 0 Å². The Morgan fingerprint density at radius 2 is 1.25 bits per heavy atom. The zero-order valence-corrected chi connectivity index (χ0v) is 11.0. The number of hydrogen-bond donors (Lipinski definition) is 3. The summed E-state index contributed by atoms with van der Waals surface area (Å²) in [6.45, 7) is 9.37. The van der Waals surface area contributed by atoms with E-state index in [4.69, 9.17) is 10.2 Å². The molecule has 0 aliphatic carbocycles. The average Bonchev–Trinajstić information content (AvgIpc) is 2.19. The van der Waals surface area contributed by atoms with E-state index >= 15 is 0 Å². The minimum Gasteiger partial charge on any atom is -0.395 e. The second kappa shape index (κ2) is 7.22. The molecule has 0 atom stereocenters. The number of rotatable bonds is 8. The fourth-order valence-electron chi connectivity index (χ4n) is 2.63. The van der Waals surface area contributed by atoms with Crippen molar-refractivity contribution in [2.75, 3.05) is 32.9 Å². The smallest absolute Gasteiger partial charge is 0.0620 e. The Hall–Kier alpha value is -0.160. The number of hydrogen-bond acceptors (Lipinski definition) is 4. The van der Waals surface area contributed by atoms with Crippen LogP contribution in [0.2, 0.25) is 0 Å². The highest BCUT2D eigenvalue weighted by Crippen LogP contribution is 2.32. The van der Waals surface area contributed by atoms with Crippen LogP contribution in [-0.2, 0) is 0 Å². The normalized spacial score (nSPS) is 13.1. The van der Waals surface area contributed by atoms with E-state index in [1.807, 2.05) is 4.90 Å². The van der Waals surface area contributed by atoms with Crippen molar-refractivity contribution < 1.29 is 15.3 Å². The van der Waals surface area contributed by atoms with Gasteiger partial charge in [0.2, 0.25) is 0 Å². The second-order valence-corrected chi connectivity index (χ2v) is 4.89. The Morgan fingerprint density at radius 3 is 1.44 bits per heavy atom. The fraction of sp³-hybridized carbons (Fsp3) is 1.00. The Bertz CT molecular complexity index is 169. The summed E-state index contributed by atoms with van der Waals surface area (Å²) in [6.07, 6.45) is 0. The van der Waals surface area contributed by atoms with Gasteiger partial charge in [0.15, 0.2) is 0 Å². The van der Waals surface area contributed by atoms with Crippen LogP contribution in [0.5, 0.6) is 0 Å². The van der Waals surface area contributed by atoms with Crippen molar-refractivity contribution in [3.63, 3.8) is 0 Å². The Balaban J connectivity index is 5.07. The van der Waals surface area contributed by atoms with Crippen molar-refractivity contribution in [1.29, 1.82) is 0 Å². The van der Waals surface area contributed by atoms with Crippen LogP contribution in [0, 0.1) is 11.8 Å². The molecule has 0 aliphatic heterocycles. The van der Waals surface area contributed by atoms with Gasteiger partial charge in [-0.2, -0.15) is 0 Å². The van der Waals surface area contributed by atoms with Gasteiger partial charge in [0, 0.05) is 18.6 Å². The summed E-state index contributed by atoms with van der Waals surface area (Å²) in [5.74, 6) is 0.520. The summed E-state index contributed by atoms with van der Waals surface area (Å²) in [5, 5.41) is 27.9. The summed E-state index contributed by atoms with van der Waals surface area (Å²) in [5.41, 5.74) is -0.370. The van der Waals surface area contributed by atoms with E-state index in [1.54, 1.807) is 0 Å². The molecule has 0 spiro atoms. The van der Waals surface area contributed by atoms with E-state index in [-0.39, 0.29) is 37.2 Å². The SMILES string of the molecule is CC(C)C(CO)(C(C)C)N(CCO)CCO. The first kappa shape index (κ1) is 15.8. The highest BCUT2D eigenvalue weighted by Gasteiger charge is 2.41. The van der Waals surface area contributed by atoms with Crippen molar-refractivity contribution in [3.8, 4) is 0 Å². The predicted molar refractivity (Wildman–Crippen MR) is 65.2 cm³/mol. The van der Waals surface area contributed by atoms with E-state index in [0.717, 1.165) is 0 Å². The molecule has 0 amide bonds. The van der Waals surface area contributed by atoms with Crippen LogP contribution >= 0.6 is 0 Å². The van der Waals surface area contributed by atoms with Gasteiger partial charge in [-0.3, -0.25) is 4.90 Å². The molecule has 0 aliphatic rings. The summed E-state index contributed by atoms with van der Waals surface area (Å²) >= 11 is 0. The van der Waals surface area contributed by atoms with Crippen LogP contribution in [0.15, 0.2) is 0 Å². The topological polar surface area (TPSA) is 63.9 Å². The number of nitrogens with zero attached hydrogens (tertiary/aromatic N) is 1. The maximum Gasteiger partial charge on any atom is 0.0620 e. The van der Waals surface area contributed by atoms with E-state index in [0.29, 0.717) is 13.1 Å². The standard InChI is InChI=1S/C12H27NO3/c1-10(2)12(9-16,11(3)4)13(5-7-14)6-8-15/h10-11,14-16H,5-9H2,1-4H3. The minimum absolute atomic E-state index is 0.0428. The van der Waals surface area contributed by atoms with E-state index in [2.05, 4.69) is 27.7 Å². The van der Waals surface area contributed by atoms with Gasteiger partial charge in [0.25, 0.3) is 0 Å². The molecule has 0 aromatic heterocycles. The summed E-state index contributed by atoms with van der Waals surface area (Å²) in [4.78, 5) is 2.00. The van der Waals surface area contributed by atoms with Gasteiger partial charge in [0.05, 0.1) is 19.8 Å². The maximum absolute atomic E-state index is 9.74. The molecule has 0 aromatic carbocycles. The number of β-amino-alcohol motifs (C(OH)–C–C–N with tert-alkyl or cyclic N) is 2. The molecule has 3 N–H and O–H groups in total. The third kappa shape index (κ3) is 3.17. The fourth-order valence-corrected chi connectivity index (χ4v) is 2.63. The third-order valence-electron chi connectivity index (χ3n) is 3.58. The van der Waals surface area contributed by atoms with Gasteiger partial charge >= 0.3 is 0 Å². The molecule has 16 heavy (non-hydrogen) atoms. The largest absolute Gasteiger partial charge is 0.395 e. The molecule has 0 radical (unpaired) electrons. The first-order chi connectivity index (χ1) is 7.47. The van der Waals surface area contributed by atoms with Crippen LogP contribution in [0.4, 0.5) is 0 Å². The van der Waals surface area contributed by atoms with Gasteiger partial charge in [-0.15, -0.1) is 0 Å². The molecule has 0 rings (SSSR count). The molecular formula is C12H27NO3. The van der Waals surface area contributed by atoms with Crippen LogP contribution in [0.3, 0.4) is 0 Å². The van der Waals surface area contributed by atoms with Crippen molar-refractivity contribution >= 4 is 0 Å². The highest BCUT2D eigenvalue weighted by molar-refractivity contribution is 4.95. The quantitative estimate of drug-likeness (QED) is 0.565. The van der Waals surface area contributed by atoms with Crippen LogP contribution in [0.25, 0.3) is 0 Å². The van der Waals surface area contributed by atoms with E-state index in [9.17, 15) is 5.11 Å². The molecular weight excluding hydrogens is 206 g/mol. The van der Waals surface area contributed by atoms with Gasteiger partial charge in [-0.05, 0) is 11.8 Å². The molecule has 4 nitrogen and oxygen atoms in total. The van der Waals surface area contributed by atoms with E-state index < -0.39 is 0 Å². The second-order valence-electron chi connectivity index (χ2n) is 4.89. The average molecular weight is 233 g/mol. The number of aliphatic hydroxyl groups excluding tert-OH is 3. The predicted octanol–water partition coefficient (Wildman–Crippen LogP) is 0.316. The molecule has 0 unspecified atom stereocenters. The first-order valence-corrected chi connectivity index (χ1v) is 6.05. The molecule has 0 aromatic rings. The van der Waals surface area contributed by atoms with Crippen LogP contribution in [-0.4, -0.2) is 58.7 Å². The monoisotopic (exact) mass is 233 g/mol. The minimum atomic E-state index is -0.370. The van der Waals surface area contributed by atoms with Crippen molar-refractivity contribution in [1.82, 2.24) is 4.90 Å². The van der Waals surface area contributed by atoms with Gasteiger partial charge in [0.1, 0.15) is 0 Å². The highest BCUT2D eigenvalue weighted by atomic mass is 16.3. The Morgan fingerprint density at radius 1 is 0.875 bits per heavy atom. The first-order valence-electron chi connectivity index (χ1n) is 6.05. The van der Waals surface area contributed by atoms with Crippen molar-refractivity contribution in [2.45, 2.75) is 33.2 Å². The van der Waals surface area contributed by atoms with Crippen molar-refractivity contribution in [3.05, 3.63) is 0 Å². The lowest BCUT2D eigenvalue weighted by atomic mass is 9.76. The Kier molecular flexibility index (Phi) is 7.15. The Labute approximate surface area is 98.9 Å². The lowest BCUT2D eigenvalue weighted by Gasteiger charge is -2.48. The number of aliphatic hydroxyl groups is 3. The lowest BCUT2D eigenvalue weighted by molar-refractivity contribution is -0.0528. The van der Waals surface area contributed by atoms with Gasteiger partial charge < -0.3 is 15.3 Å². The lowest BCUT2D eigenvalue weighted by Crippen LogP contribution is -2.60. The summed E-state index contributed by atoms with van der Waals surface area (Å²) in [7, 11) is 0. The zero-order chi connectivity index (χ0) is 12.8. The molecule has 98 valence electrons. The van der Waals surface area contributed by atoms with Gasteiger partial charge in [-0.25, -0.2) is 0 Å². The third-order valence-corrected chi connectivity index (χ3v) is 3.58. The molecule has 0 bridgehead atoms. The van der Waals surface area contributed by atoms with Gasteiger partial charge in [-0.1, -0.05) is 27.7 Å². The molecule has 0 fully saturated rings. The summed E-state index contributed by atoms with van der Waals surface area (Å²) in [6, 6.07) is 0. The molecule has 0 saturated heterocycles. The van der Waals surface area contributed by atoms with Crippen molar-refractivity contribution in [2.24, 2.45) is 11.8 Å². The molecule has 0 saturated carbocycles. The van der Waals surface area contributed by atoms with Crippen LogP contribution in [0.1, 0.15) is 27.7 Å². The van der Waals surface area contributed by atoms with Crippen LogP contribution < -0.4 is 0 Å².